The van der Waals surface area contributed by atoms with Gasteiger partial charge in [0.15, 0.2) is 0 Å². The third-order valence-electron chi connectivity index (χ3n) is 3.13. The van der Waals surface area contributed by atoms with Crippen molar-refractivity contribution < 1.29 is 5.11 Å². The molecule has 3 atom stereocenters. The number of rotatable bonds is 1. The van der Waals surface area contributed by atoms with Gasteiger partial charge in [0.1, 0.15) is 0 Å². The molecule has 0 spiro atoms. The lowest BCUT2D eigenvalue weighted by Crippen LogP contribution is -2.57. The lowest BCUT2D eigenvalue weighted by Gasteiger charge is -2.39. The highest BCUT2D eigenvalue weighted by molar-refractivity contribution is 4.92. The van der Waals surface area contributed by atoms with Gasteiger partial charge in [0.05, 0.1) is 6.10 Å². The van der Waals surface area contributed by atoms with Crippen LogP contribution in [0.3, 0.4) is 0 Å². The van der Waals surface area contributed by atoms with Gasteiger partial charge in [-0.25, -0.2) is 0 Å². The molecule has 2 fully saturated rings. The standard InChI is InChI=1S/C9H19N3O/c1-7-4-10-2-3-12(7)8-5-11-6-9(8)13/h7-11,13H,2-6H2,1H3/t7?,8-,9-/m1/s1. The van der Waals surface area contributed by atoms with E-state index in [0.717, 1.165) is 32.7 Å². The van der Waals surface area contributed by atoms with Crippen LogP contribution in [-0.2, 0) is 0 Å². The second kappa shape index (κ2) is 3.92. The summed E-state index contributed by atoms with van der Waals surface area (Å²) in [5, 5.41) is 16.3. The van der Waals surface area contributed by atoms with Crippen molar-refractivity contribution in [2.75, 3.05) is 32.7 Å². The van der Waals surface area contributed by atoms with Crippen molar-refractivity contribution in [2.24, 2.45) is 0 Å². The number of aliphatic hydroxyl groups excluding tert-OH is 1. The fraction of sp³-hybridized carbons (Fsp3) is 1.00. The fourth-order valence-electron chi connectivity index (χ4n) is 2.34. The van der Waals surface area contributed by atoms with Crippen LogP contribution in [0.25, 0.3) is 0 Å². The van der Waals surface area contributed by atoms with E-state index in [-0.39, 0.29) is 6.10 Å². The summed E-state index contributed by atoms with van der Waals surface area (Å²) in [4.78, 5) is 2.42. The van der Waals surface area contributed by atoms with E-state index in [9.17, 15) is 5.11 Å². The highest BCUT2D eigenvalue weighted by Crippen LogP contribution is 2.14. The molecule has 2 aliphatic heterocycles. The van der Waals surface area contributed by atoms with E-state index in [4.69, 9.17) is 0 Å². The van der Waals surface area contributed by atoms with Crippen LogP contribution in [0.5, 0.6) is 0 Å². The molecule has 2 heterocycles. The number of β-amino-alcohol motifs (C(OH)–C–C–N with tert-alkyl or cyclic N) is 1. The molecular formula is C9H19N3O. The minimum absolute atomic E-state index is 0.180. The second-order valence-electron chi connectivity index (χ2n) is 4.08. The van der Waals surface area contributed by atoms with Gasteiger partial charge in [0.25, 0.3) is 0 Å². The van der Waals surface area contributed by atoms with E-state index in [1.165, 1.54) is 0 Å². The molecule has 0 radical (unpaired) electrons. The number of hydrogen-bond donors (Lipinski definition) is 3. The summed E-state index contributed by atoms with van der Waals surface area (Å²) in [7, 11) is 0. The van der Waals surface area contributed by atoms with E-state index in [1.54, 1.807) is 0 Å². The van der Waals surface area contributed by atoms with Crippen molar-refractivity contribution in [3.05, 3.63) is 0 Å². The summed E-state index contributed by atoms with van der Waals surface area (Å²) in [6.45, 7) is 7.06. The van der Waals surface area contributed by atoms with E-state index in [0.29, 0.717) is 12.1 Å². The summed E-state index contributed by atoms with van der Waals surface area (Å²) < 4.78 is 0. The van der Waals surface area contributed by atoms with Crippen LogP contribution in [0, 0.1) is 0 Å². The molecule has 4 nitrogen and oxygen atoms in total. The zero-order valence-corrected chi connectivity index (χ0v) is 8.16. The predicted octanol–water partition coefficient (Wildman–Crippen LogP) is -1.39. The number of nitrogens with zero attached hydrogens (tertiary/aromatic N) is 1. The number of aliphatic hydroxyl groups is 1. The molecular weight excluding hydrogens is 166 g/mol. The largest absolute Gasteiger partial charge is 0.390 e. The van der Waals surface area contributed by atoms with Gasteiger partial charge in [-0.2, -0.15) is 0 Å². The molecule has 2 rings (SSSR count). The first-order valence-electron chi connectivity index (χ1n) is 5.14. The van der Waals surface area contributed by atoms with Gasteiger partial charge in [0.2, 0.25) is 0 Å². The quantitative estimate of drug-likeness (QED) is 0.471. The molecule has 0 aromatic carbocycles. The van der Waals surface area contributed by atoms with Crippen molar-refractivity contribution in [1.82, 2.24) is 15.5 Å². The van der Waals surface area contributed by atoms with E-state index in [1.807, 2.05) is 0 Å². The molecule has 0 aromatic rings. The molecule has 3 N–H and O–H groups in total. The molecule has 0 bridgehead atoms. The fourth-order valence-corrected chi connectivity index (χ4v) is 2.34. The van der Waals surface area contributed by atoms with Gasteiger partial charge in [-0.1, -0.05) is 0 Å². The predicted molar refractivity (Wildman–Crippen MR) is 51.7 cm³/mol. The third kappa shape index (κ3) is 1.86. The Kier molecular flexibility index (Phi) is 2.83. The van der Waals surface area contributed by atoms with E-state index in [2.05, 4.69) is 22.5 Å². The van der Waals surface area contributed by atoms with Crippen molar-refractivity contribution in [2.45, 2.75) is 25.1 Å². The SMILES string of the molecule is CC1CNCCN1[C@@H]1CNC[C@H]1O. The molecule has 76 valence electrons. The Labute approximate surface area is 79.3 Å². The zero-order chi connectivity index (χ0) is 9.26. The van der Waals surface area contributed by atoms with Crippen molar-refractivity contribution >= 4 is 0 Å². The van der Waals surface area contributed by atoms with Crippen LogP contribution in [0.1, 0.15) is 6.92 Å². The average Bonchev–Trinajstić information content (AvgIpc) is 2.52. The number of piperazine rings is 1. The minimum Gasteiger partial charge on any atom is -0.390 e. The molecule has 2 aliphatic rings. The molecule has 13 heavy (non-hydrogen) atoms. The van der Waals surface area contributed by atoms with Crippen LogP contribution < -0.4 is 10.6 Å². The van der Waals surface area contributed by atoms with Gasteiger partial charge in [-0.3, -0.25) is 4.90 Å². The van der Waals surface area contributed by atoms with Crippen LogP contribution in [0.2, 0.25) is 0 Å². The highest BCUT2D eigenvalue weighted by atomic mass is 16.3. The lowest BCUT2D eigenvalue weighted by atomic mass is 10.1. The summed E-state index contributed by atoms with van der Waals surface area (Å²) in [5.74, 6) is 0. The number of hydrogen-bond acceptors (Lipinski definition) is 4. The van der Waals surface area contributed by atoms with E-state index < -0.39 is 0 Å². The van der Waals surface area contributed by atoms with E-state index >= 15 is 0 Å². The summed E-state index contributed by atoms with van der Waals surface area (Å²) >= 11 is 0. The van der Waals surface area contributed by atoms with Gasteiger partial charge >= 0.3 is 0 Å². The molecule has 0 amide bonds. The van der Waals surface area contributed by atoms with Gasteiger partial charge < -0.3 is 15.7 Å². The van der Waals surface area contributed by atoms with Crippen LogP contribution in [-0.4, -0.2) is 60.9 Å². The zero-order valence-electron chi connectivity index (χ0n) is 8.16. The molecule has 0 saturated carbocycles. The van der Waals surface area contributed by atoms with Crippen molar-refractivity contribution in [1.29, 1.82) is 0 Å². The summed E-state index contributed by atoms with van der Waals surface area (Å²) in [6, 6.07) is 0.880. The summed E-state index contributed by atoms with van der Waals surface area (Å²) in [6.07, 6.45) is -0.180. The molecule has 2 saturated heterocycles. The molecule has 0 aromatic heterocycles. The third-order valence-corrected chi connectivity index (χ3v) is 3.13. The normalized spacial score (nSPS) is 42.5. The topological polar surface area (TPSA) is 47.5 Å². The Morgan fingerprint density at radius 3 is 2.69 bits per heavy atom. The highest BCUT2D eigenvalue weighted by Gasteiger charge is 2.33. The second-order valence-corrected chi connectivity index (χ2v) is 4.08. The maximum atomic E-state index is 9.73. The Morgan fingerprint density at radius 2 is 2.08 bits per heavy atom. The monoisotopic (exact) mass is 185 g/mol. The Bertz CT molecular complexity index is 176. The van der Waals surface area contributed by atoms with Crippen molar-refractivity contribution in [3.8, 4) is 0 Å². The lowest BCUT2D eigenvalue weighted by molar-refractivity contribution is 0.0469. The Morgan fingerprint density at radius 1 is 1.23 bits per heavy atom. The first-order valence-corrected chi connectivity index (χ1v) is 5.14. The molecule has 1 unspecified atom stereocenters. The maximum absolute atomic E-state index is 9.73. The number of nitrogens with one attached hydrogen (secondary N) is 2. The molecule has 0 aliphatic carbocycles. The Balaban J connectivity index is 1.97. The van der Waals surface area contributed by atoms with Crippen LogP contribution >= 0.6 is 0 Å². The first kappa shape index (κ1) is 9.40. The summed E-state index contributed by atoms with van der Waals surface area (Å²) in [5.41, 5.74) is 0. The van der Waals surface area contributed by atoms with Crippen molar-refractivity contribution in [3.63, 3.8) is 0 Å². The van der Waals surface area contributed by atoms with Crippen LogP contribution in [0.4, 0.5) is 0 Å². The molecule has 4 heteroatoms. The van der Waals surface area contributed by atoms with Gasteiger partial charge in [0, 0.05) is 44.8 Å². The van der Waals surface area contributed by atoms with Gasteiger partial charge in [-0.15, -0.1) is 0 Å². The smallest absolute Gasteiger partial charge is 0.0831 e. The van der Waals surface area contributed by atoms with Gasteiger partial charge in [-0.05, 0) is 6.92 Å². The van der Waals surface area contributed by atoms with Crippen LogP contribution in [0.15, 0.2) is 0 Å². The maximum Gasteiger partial charge on any atom is 0.0831 e. The Hall–Kier alpha value is -0.160. The average molecular weight is 185 g/mol. The first-order chi connectivity index (χ1) is 6.29. The minimum atomic E-state index is -0.180.